The van der Waals surface area contributed by atoms with Gasteiger partial charge in [0.25, 0.3) is 5.91 Å². The van der Waals surface area contributed by atoms with Crippen molar-refractivity contribution in [3.8, 4) is 5.75 Å². The minimum Gasteiger partial charge on any atom is -0.505 e. The van der Waals surface area contributed by atoms with Crippen LogP contribution in [0.3, 0.4) is 0 Å². The lowest BCUT2D eigenvalue weighted by Gasteiger charge is -2.31. The fourth-order valence-corrected chi connectivity index (χ4v) is 2.50. The Hall–Kier alpha value is -1.62. The first-order chi connectivity index (χ1) is 8.72. The van der Waals surface area contributed by atoms with Gasteiger partial charge in [0.2, 0.25) is 0 Å². The normalized spacial score (nSPS) is 23.6. The number of carbonyl (C=O) groups is 1. The lowest BCUT2D eigenvalue weighted by Crippen LogP contribution is -2.44. The van der Waals surface area contributed by atoms with Crippen molar-refractivity contribution in [2.24, 2.45) is 11.7 Å². The highest BCUT2D eigenvalue weighted by atomic mass is 16.3. The van der Waals surface area contributed by atoms with E-state index in [0.717, 1.165) is 19.3 Å². The smallest absolute Gasteiger partial charge is 0.255 e. The average Bonchev–Trinajstić information content (AvgIpc) is 2.39. The zero-order valence-electron chi connectivity index (χ0n) is 10.3. The molecule has 2 rings (SSSR count). The van der Waals surface area contributed by atoms with Gasteiger partial charge in [-0.05, 0) is 31.4 Å². The molecule has 5 nitrogen and oxygen atoms in total. The van der Waals surface area contributed by atoms with Crippen molar-refractivity contribution in [3.63, 3.8) is 0 Å². The summed E-state index contributed by atoms with van der Waals surface area (Å²) in [5.74, 6) is 0.00189. The van der Waals surface area contributed by atoms with Crippen molar-refractivity contribution >= 4 is 5.91 Å². The highest BCUT2D eigenvalue weighted by Gasteiger charge is 2.26. The second-order valence-corrected chi connectivity index (χ2v) is 4.75. The Bertz CT molecular complexity index is 422. The highest BCUT2D eigenvalue weighted by molar-refractivity contribution is 5.96. The zero-order chi connectivity index (χ0) is 13.0. The van der Waals surface area contributed by atoms with Crippen LogP contribution >= 0.6 is 0 Å². The van der Waals surface area contributed by atoms with E-state index in [2.05, 4.69) is 10.3 Å². The number of hydrogen-bond donors (Lipinski definition) is 3. The van der Waals surface area contributed by atoms with Crippen molar-refractivity contribution in [2.45, 2.75) is 31.7 Å². The number of pyridine rings is 1. The van der Waals surface area contributed by atoms with Crippen molar-refractivity contribution in [1.29, 1.82) is 0 Å². The quantitative estimate of drug-likeness (QED) is 0.746. The molecular weight excluding hydrogens is 230 g/mol. The maximum absolute atomic E-state index is 12.1. The van der Waals surface area contributed by atoms with Gasteiger partial charge in [-0.3, -0.25) is 9.78 Å². The monoisotopic (exact) mass is 249 g/mol. The van der Waals surface area contributed by atoms with E-state index in [1.54, 1.807) is 0 Å². The Morgan fingerprint density at radius 1 is 1.50 bits per heavy atom. The number of aromatic hydroxyl groups is 1. The molecule has 1 saturated carbocycles. The number of nitrogens with two attached hydrogens (primary N) is 1. The molecule has 0 aliphatic heterocycles. The van der Waals surface area contributed by atoms with Crippen LogP contribution in [-0.4, -0.2) is 28.6 Å². The maximum atomic E-state index is 12.1. The molecule has 98 valence electrons. The third kappa shape index (κ3) is 2.79. The Balaban J connectivity index is 2.04. The van der Waals surface area contributed by atoms with Crippen LogP contribution in [-0.2, 0) is 0 Å². The van der Waals surface area contributed by atoms with Crippen LogP contribution in [0.2, 0.25) is 0 Å². The van der Waals surface area contributed by atoms with E-state index in [1.165, 1.54) is 24.9 Å². The molecule has 4 N–H and O–H groups in total. The number of amides is 1. The molecule has 2 unspecified atom stereocenters. The Kier molecular flexibility index (Phi) is 4.15. The number of hydrogen-bond acceptors (Lipinski definition) is 4. The van der Waals surface area contributed by atoms with Crippen LogP contribution in [0, 0.1) is 5.92 Å². The van der Waals surface area contributed by atoms with Gasteiger partial charge in [-0.1, -0.05) is 12.8 Å². The van der Waals surface area contributed by atoms with Gasteiger partial charge in [0.1, 0.15) is 5.75 Å². The first-order valence-corrected chi connectivity index (χ1v) is 6.36. The molecule has 0 radical (unpaired) electrons. The number of aromatic nitrogens is 1. The molecule has 0 bridgehead atoms. The summed E-state index contributed by atoms with van der Waals surface area (Å²) in [5, 5.41) is 12.6. The molecule has 0 spiro atoms. The van der Waals surface area contributed by atoms with Crippen molar-refractivity contribution in [3.05, 3.63) is 24.0 Å². The van der Waals surface area contributed by atoms with Gasteiger partial charge in [-0.15, -0.1) is 0 Å². The summed E-state index contributed by atoms with van der Waals surface area (Å²) < 4.78 is 0. The lowest BCUT2D eigenvalue weighted by atomic mass is 9.84. The Morgan fingerprint density at radius 3 is 3.00 bits per heavy atom. The van der Waals surface area contributed by atoms with Crippen molar-refractivity contribution in [2.75, 3.05) is 6.54 Å². The van der Waals surface area contributed by atoms with Gasteiger partial charge in [0.05, 0.1) is 11.8 Å². The predicted molar refractivity (Wildman–Crippen MR) is 68.2 cm³/mol. The lowest BCUT2D eigenvalue weighted by molar-refractivity contribution is 0.0905. The first-order valence-electron chi connectivity index (χ1n) is 6.36. The minimum atomic E-state index is -0.250. The van der Waals surface area contributed by atoms with E-state index in [0.29, 0.717) is 12.5 Å². The molecule has 5 heteroatoms. The topological polar surface area (TPSA) is 88.2 Å². The second-order valence-electron chi connectivity index (χ2n) is 4.75. The largest absolute Gasteiger partial charge is 0.505 e. The number of rotatable bonds is 3. The standard InChI is InChI=1S/C13H19N3O2/c14-7-9-3-1-2-4-11(9)16-13(18)10-5-6-15-8-12(10)17/h5-6,8-9,11,17H,1-4,7,14H2,(H,16,18). The molecule has 1 heterocycles. The van der Waals surface area contributed by atoms with E-state index in [-0.39, 0.29) is 23.3 Å². The average molecular weight is 249 g/mol. The molecule has 1 aliphatic rings. The van der Waals surface area contributed by atoms with Crippen LogP contribution in [0.1, 0.15) is 36.0 Å². The van der Waals surface area contributed by atoms with Gasteiger partial charge in [-0.25, -0.2) is 0 Å². The van der Waals surface area contributed by atoms with Crippen molar-refractivity contribution in [1.82, 2.24) is 10.3 Å². The number of nitrogens with zero attached hydrogens (tertiary/aromatic N) is 1. The fourth-order valence-electron chi connectivity index (χ4n) is 2.50. The summed E-state index contributed by atoms with van der Waals surface area (Å²) in [6.45, 7) is 0.591. The van der Waals surface area contributed by atoms with E-state index in [9.17, 15) is 9.90 Å². The molecule has 2 atom stereocenters. The Labute approximate surface area is 106 Å². The molecule has 18 heavy (non-hydrogen) atoms. The van der Waals surface area contributed by atoms with Crippen LogP contribution in [0.25, 0.3) is 0 Å². The van der Waals surface area contributed by atoms with E-state index in [4.69, 9.17) is 5.73 Å². The molecule has 1 fully saturated rings. The van der Waals surface area contributed by atoms with Gasteiger partial charge in [-0.2, -0.15) is 0 Å². The van der Waals surface area contributed by atoms with E-state index in [1.807, 2.05) is 0 Å². The molecule has 1 amide bonds. The summed E-state index contributed by atoms with van der Waals surface area (Å²) in [5.41, 5.74) is 6.00. The summed E-state index contributed by atoms with van der Waals surface area (Å²) in [7, 11) is 0. The predicted octanol–water partition coefficient (Wildman–Crippen LogP) is 1.03. The van der Waals surface area contributed by atoms with E-state index < -0.39 is 0 Å². The summed E-state index contributed by atoms with van der Waals surface area (Å²) in [6.07, 6.45) is 7.08. The third-order valence-corrected chi connectivity index (χ3v) is 3.57. The van der Waals surface area contributed by atoms with Gasteiger partial charge in [0.15, 0.2) is 0 Å². The number of carbonyl (C=O) groups excluding carboxylic acids is 1. The van der Waals surface area contributed by atoms with Crippen LogP contribution in [0.5, 0.6) is 5.75 Å². The summed E-state index contributed by atoms with van der Waals surface area (Å²) in [4.78, 5) is 15.8. The highest BCUT2D eigenvalue weighted by Crippen LogP contribution is 2.24. The SMILES string of the molecule is NCC1CCCCC1NC(=O)c1ccncc1O. The minimum absolute atomic E-state index is 0.0879. The van der Waals surface area contributed by atoms with Crippen LogP contribution in [0.15, 0.2) is 18.5 Å². The molecule has 1 aromatic heterocycles. The molecule has 0 aromatic carbocycles. The van der Waals surface area contributed by atoms with Gasteiger partial charge >= 0.3 is 0 Å². The molecule has 1 aliphatic carbocycles. The fraction of sp³-hybridized carbons (Fsp3) is 0.538. The van der Waals surface area contributed by atoms with E-state index >= 15 is 0 Å². The summed E-state index contributed by atoms with van der Waals surface area (Å²) in [6, 6.07) is 1.63. The van der Waals surface area contributed by atoms with Gasteiger partial charge in [0, 0.05) is 12.2 Å². The third-order valence-electron chi connectivity index (χ3n) is 3.57. The zero-order valence-corrected chi connectivity index (χ0v) is 10.3. The second kappa shape index (κ2) is 5.82. The molecule has 0 saturated heterocycles. The first kappa shape index (κ1) is 12.8. The summed E-state index contributed by atoms with van der Waals surface area (Å²) >= 11 is 0. The Morgan fingerprint density at radius 2 is 2.28 bits per heavy atom. The number of nitrogens with one attached hydrogen (secondary N) is 1. The molecule has 1 aromatic rings. The maximum Gasteiger partial charge on any atom is 0.255 e. The van der Waals surface area contributed by atoms with Crippen LogP contribution < -0.4 is 11.1 Å². The van der Waals surface area contributed by atoms with Crippen molar-refractivity contribution < 1.29 is 9.90 Å². The van der Waals surface area contributed by atoms with Crippen LogP contribution in [0.4, 0.5) is 0 Å². The van der Waals surface area contributed by atoms with Gasteiger partial charge < -0.3 is 16.2 Å². The molecular formula is C13H19N3O2.